The molecule has 0 spiro atoms. The smallest absolute Gasteiger partial charge is 0.309 e. The van der Waals surface area contributed by atoms with Crippen LogP contribution in [0.15, 0.2) is 41.8 Å². The number of nitrogens with one attached hydrogen (secondary N) is 1. The molecule has 1 aromatic carbocycles. The molecule has 1 saturated carbocycles. The van der Waals surface area contributed by atoms with Gasteiger partial charge < -0.3 is 5.32 Å². The average Bonchev–Trinajstić information content (AvgIpc) is 3.05. The molecule has 0 radical (unpaired) electrons. The molecule has 0 aliphatic heterocycles. The molecular weight excluding hydrogens is 260 g/mol. The van der Waals surface area contributed by atoms with E-state index >= 15 is 0 Å². The number of nitro groups is 1. The van der Waals surface area contributed by atoms with Gasteiger partial charge in [0.25, 0.3) is 0 Å². The van der Waals surface area contributed by atoms with E-state index in [4.69, 9.17) is 0 Å². The van der Waals surface area contributed by atoms with Crippen molar-refractivity contribution in [3.8, 4) is 0 Å². The fourth-order valence-corrected chi connectivity index (χ4v) is 3.02. The normalized spacial score (nSPS) is 21.3. The maximum atomic E-state index is 10.6. The second kappa shape index (κ2) is 5.11. The lowest BCUT2D eigenvalue weighted by atomic mass is 10.1. The van der Waals surface area contributed by atoms with Gasteiger partial charge in [-0.05, 0) is 17.5 Å². The molecule has 3 rings (SSSR count). The van der Waals surface area contributed by atoms with Gasteiger partial charge in [-0.1, -0.05) is 41.7 Å². The van der Waals surface area contributed by atoms with Crippen LogP contribution < -0.4 is 5.32 Å². The van der Waals surface area contributed by atoms with Gasteiger partial charge in [-0.15, -0.1) is 0 Å². The van der Waals surface area contributed by atoms with Gasteiger partial charge in [0.2, 0.25) is 0 Å². The topological polar surface area (TPSA) is 55.2 Å². The van der Waals surface area contributed by atoms with Crippen LogP contribution in [0.5, 0.6) is 0 Å². The van der Waals surface area contributed by atoms with Gasteiger partial charge in [-0.2, -0.15) is 0 Å². The van der Waals surface area contributed by atoms with Gasteiger partial charge in [-0.3, -0.25) is 10.1 Å². The fourth-order valence-electron chi connectivity index (χ4n) is 2.29. The molecule has 1 aliphatic rings. The fraction of sp³-hybridized carbons (Fsp3) is 0.286. The first-order valence-corrected chi connectivity index (χ1v) is 7.12. The van der Waals surface area contributed by atoms with Crippen molar-refractivity contribution in [2.75, 3.05) is 0 Å². The Kier molecular flexibility index (Phi) is 3.31. The summed E-state index contributed by atoms with van der Waals surface area (Å²) in [5.41, 5.74) is 2.37. The Morgan fingerprint density at radius 3 is 2.84 bits per heavy atom. The highest BCUT2D eigenvalue weighted by atomic mass is 32.1. The molecule has 1 heterocycles. The van der Waals surface area contributed by atoms with Crippen LogP contribution in [0.4, 0.5) is 5.00 Å². The van der Waals surface area contributed by atoms with Crippen molar-refractivity contribution in [1.82, 2.24) is 5.32 Å². The first kappa shape index (κ1) is 12.3. The van der Waals surface area contributed by atoms with Gasteiger partial charge in [0.15, 0.2) is 0 Å². The number of hydrogen-bond donors (Lipinski definition) is 1. The Bertz CT molecular complexity index is 582. The molecule has 2 unspecified atom stereocenters. The van der Waals surface area contributed by atoms with Crippen molar-refractivity contribution in [2.45, 2.75) is 24.9 Å². The molecule has 19 heavy (non-hydrogen) atoms. The average molecular weight is 274 g/mol. The lowest BCUT2D eigenvalue weighted by molar-refractivity contribution is -0.380. The summed E-state index contributed by atoms with van der Waals surface area (Å²) in [6, 6.07) is 12.6. The van der Waals surface area contributed by atoms with Crippen molar-refractivity contribution in [1.29, 1.82) is 0 Å². The SMILES string of the molecule is O=[N+]([O-])c1cc(CNC2CC2c2ccccc2)cs1. The molecule has 1 aliphatic carbocycles. The summed E-state index contributed by atoms with van der Waals surface area (Å²) in [7, 11) is 0. The van der Waals surface area contributed by atoms with Crippen molar-refractivity contribution in [3.05, 3.63) is 63.0 Å². The van der Waals surface area contributed by atoms with Crippen LogP contribution in [0.2, 0.25) is 0 Å². The number of nitrogens with zero attached hydrogens (tertiary/aromatic N) is 1. The third-order valence-electron chi connectivity index (χ3n) is 3.41. The van der Waals surface area contributed by atoms with Crippen molar-refractivity contribution < 1.29 is 4.92 Å². The molecule has 1 fully saturated rings. The van der Waals surface area contributed by atoms with Crippen LogP contribution >= 0.6 is 11.3 Å². The van der Waals surface area contributed by atoms with Crippen molar-refractivity contribution in [2.24, 2.45) is 0 Å². The monoisotopic (exact) mass is 274 g/mol. The van der Waals surface area contributed by atoms with Crippen LogP contribution in [-0.2, 0) is 6.54 Å². The second-order valence-corrected chi connectivity index (χ2v) is 5.68. The van der Waals surface area contributed by atoms with E-state index in [1.54, 1.807) is 6.07 Å². The maximum Gasteiger partial charge on any atom is 0.324 e. The van der Waals surface area contributed by atoms with Crippen LogP contribution in [0.1, 0.15) is 23.5 Å². The number of hydrogen-bond acceptors (Lipinski definition) is 4. The highest BCUT2D eigenvalue weighted by Gasteiger charge is 2.37. The molecule has 2 aromatic rings. The summed E-state index contributed by atoms with van der Waals surface area (Å²) in [5.74, 6) is 0.592. The number of benzene rings is 1. The van der Waals surface area contributed by atoms with Gasteiger partial charge in [-0.25, -0.2) is 0 Å². The van der Waals surface area contributed by atoms with Crippen molar-refractivity contribution in [3.63, 3.8) is 0 Å². The molecule has 1 aromatic heterocycles. The molecule has 1 N–H and O–H groups in total. The minimum atomic E-state index is -0.335. The zero-order valence-electron chi connectivity index (χ0n) is 10.3. The summed E-state index contributed by atoms with van der Waals surface area (Å²) < 4.78 is 0. The lowest BCUT2D eigenvalue weighted by Crippen LogP contribution is -2.16. The van der Waals surface area contributed by atoms with E-state index in [2.05, 4.69) is 29.6 Å². The van der Waals surface area contributed by atoms with E-state index in [0.717, 1.165) is 12.0 Å². The van der Waals surface area contributed by atoms with E-state index < -0.39 is 0 Å². The third-order valence-corrected chi connectivity index (χ3v) is 4.34. The first-order chi connectivity index (χ1) is 9.24. The highest BCUT2D eigenvalue weighted by molar-refractivity contribution is 7.13. The number of thiophene rings is 1. The Hall–Kier alpha value is -1.72. The molecule has 2 atom stereocenters. The van der Waals surface area contributed by atoms with Gasteiger partial charge >= 0.3 is 5.00 Å². The Morgan fingerprint density at radius 2 is 2.16 bits per heavy atom. The Morgan fingerprint density at radius 1 is 1.37 bits per heavy atom. The summed E-state index contributed by atoms with van der Waals surface area (Å²) in [6.45, 7) is 0.707. The Labute approximate surface area is 115 Å². The molecular formula is C14H14N2O2S. The maximum absolute atomic E-state index is 10.6. The van der Waals surface area contributed by atoms with Crippen LogP contribution in [0.3, 0.4) is 0 Å². The van der Waals surface area contributed by atoms with Crippen LogP contribution in [0, 0.1) is 10.1 Å². The van der Waals surface area contributed by atoms with Gasteiger partial charge in [0.05, 0.1) is 4.92 Å². The van der Waals surface area contributed by atoms with E-state index in [0.29, 0.717) is 18.5 Å². The molecule has 98 valence electrons. The first-order valence-electron chi connectivity index (χ1n) is 6.24. The molecule has 4 nitrogen and oxygen atoms in total. The van der Waals surface area contributed by atoms with Gasteiger partial charge in [0, 0.05) is 30.0 Å². The highest BCUT2D eigenvalue weighted by Crippen LogP contribution is 2.40. The zero-order valence-corrected chi connectivity index (χ0v) is 11.1. The summed E-state index contributed by atoms with van der Waals surface area (Å²) in [6.07, 6.45) is 1.15. The third kappa shape index (κ3) is 2.83. The standard InChI is InChI=1S/C14H14N2O2S/c17-16(18)14-6-10(9-19-14)8-15-13-7-12(13)11-4-2-1-3-5-11/h1-6,9,12-13,15H,7-8H2. The van der Waals surface area contributed by atoms with Crippen molar-refractivity contribution >= 4 is 16.3 Å². The van der Waals surface area contributed by atoms with E-state index in [9.17, 15) is 10.1 Å². The van der Waals surface area contributed by atoms with Crippen LogP contribution in [0.25, 0.3) is 0 Å². The predicted octanol–water partition coefficient (Wildman–Crippen LogP) is 3.30. The molecule has 0 bridgehead atoms. The molecule has 0 saturated heterocycles. The summed E-state index contributed by atoms with van der Waals surface area (Å²) in [5, 5.41) is 16.1. The Balaban J connectivity index is 1.53. The van der Waals surface area contributed by atoms with E-state index in [1.165, 1.54) is 16.9 Å². The quantitative estimate of drug-likeness (QED) is 0.672. The second-order valence-electron chi connectivity index (χ2n) is 4.79. The van der Waals surface area contributed by atoms with Gasteiger partial charge in [0.1, 0.15) is 0 Å². The predicted molar refractivity (Wildman–Crippen MR) is 75.4 cm³/mol. The minimum Gasteiger partial charge on any atom is -0.309 e. The minimum absolute atomic E-state index is 0.215. The molecule has 5 heteroatoms. The van der Waals surface area contributed by atoms with Crippen LogP contribution in [-0.4, -0.2) is 11.0 Å². The summed E-state index contributed by atoms with van der Waals surface area (Å²) >= 11 is 1.19. The molecule has 0 amide bonds. The summed E-state index contributed by atoms with van der Waals surface area (Å²) in [4.78, 5) is 10.3. The largest absolute Gasteiger partial charge is 0.324 e. The number of rotatable bonds is 5. The van der Waals surface area contributed by atoms with E-state index in [-0.39, 0.29) is 9.92 Å². The van der Waals surface area contributed by atoms with E-state index in [1.807, 2.05) is 11.4 Å². The zero-order chi connectivity index (χ0) is 13.2. The lowest BCUT2D eigenvalue weighted by Gasteiger charge is -2.02.